The molecule has 1 heterocycles. The molecule has 3 rings (SSSR count). The quantitative estimate of drug-likeness (QED) is 0.583. The minimum atomic E-state index is -0.104. The number of thioether (sulfide) groups is 1. The fraction of sp³-hybridized carbons (Fsp3) is 0.167. The fourth-order valence-corrected chi connectivity index (χ4v) is 3.23. The lowest BCUT2D eigenvalue weighted by atomic mass is 10.1. The maximum Gasteiger partial charge on any atom is 0.277 e. The second-order valence-electron chi connectivity index (χ2n) is 5.23. The Labute approximate surface area is 158 Å². The number of aryl methyl sites for hydroxylation is 1. The zero-order valence-corrected chi connectivity index (χ0v) is 15.9. The summed E-state index contributed by atoms with van der Waals surface area (Å²) in [7, 11) is 0. The van der Waals surface area contributed by atoms with Gasteiger partial charge in [0.2, 0.25) is 11.8 Å². The highest BCUT2D eigenvalue weighted by atomic mass is 79.9. The second-order valence-corrected chi connectivity index (χ2v) is 7.07. The predicted molar refractivity (Wildman–Crippen MR) is 103 cm³/mol. The maximum atomic E-state index is 12.1. The molecule has 0 unspecified atom stereocenters. The van der Waals surface area contributed by atoms with Gasteiger partial charge < -0.3 is 9.73 Å². The largest absolute Gasteiger partial charge is 0.411 e. The van der Waals surface area contributed by atoms with E-state index in [-0.39, 0.29) is 11.7 Å². The van der Waals surface area contributed by atoms with Gasteiger partial charge in [-0.05, 0) is 36.2 Å². The van der Waals surface area contributed by atoms with Crippen molar-refractivity contribution in [3.63, 3.8) is 0 Å². The van der Waals surface area contributed by atoms with Crippen LogP contribution in [-0.2, 0) is 11.2 Å². The molecule has 0 aliphatic heterocycles. The molecular weight excluding hydrogens is 402 g/mol. The third kappa shape index (κ3) is 4.70. The van der Waals surface area contributed by atoms with Gasteiger partial charge in [-0.1, -0.05) is 58.9 Å². The van der Waals surface area contributed by atoms with Gasteiger partial charge in [0, 0.05) is 15.7 Å². The molecule has 7 heteroatoms. The van der Waals surface area contributed by atoms with Crippen LogP contribution in [0.4, 0.5) is 5.69 Å². The third-order valence-electron chi connectivity index (χ3n) is 3.48. The van der Waals surface area contributed by atoms with Crippen LogP contribution >= 0.6 is 27.7 Å². The van der Waals surface area contributed by atoms with Gasteiger partial charge in [0.05, 0.1) is 5.75 Å². The summed E-state index contributed by atoms with van der Waals surface area (Å²) in [6.07, 6.45) is 0.864. The Hall–Kier alpha value is -2.12. The molecule has 0 aliphatic carbocycles. The Morgan fingerprint density at radius 2 is 2.04 bits per heavy atom. The van der Waals surface area contributed by atoms with E-state index in [4.69, 9.17) is 4.42 Å². The summed E-state index contributed by atoms with van der Waals surface area (Å²) in [5.41, 5.74) is 2.78. The molecule has 0 radical (unpaired) electrons. The second kappa shape index (κ2) is 8.31. The van der Waals surface area contributed by atoms with Crippen molar-refractivity contribution in [1.29, 1.82) is 0 Å². The summed E-state index contributed by atoms with van der Waals surface area (Å²) >= 11 is 4.63. The smallest absolute Gasteiger partial charge is 0.277 e. The number of nitrogens with zero attached hydrogens (tertiary/aromatic N) is 2. The number of nitrogens with one attached hydrogen (secondary N) is 1. The van der Waals surface area contributed by atoms with Gasteiger partial charge in [0.15, 0.2) is 0 Å². The van der Waals surface area contributed by atoms with Crippen molar-refractivity contribution in [2.75, 3.05) is 11.1 Å². The number of rotatable bonds is 6. The molecule has 0 fully saturated rings. The van der Waals surface area contributed by atoms with E-state index in [0.717, 1.165) is 27.7 Å². The maximum absolute atomic E-state index is 12.1. The van der Waals surface area contributed by atoms with Crippen LogP contribution in [0.15, 0.2) is 62.6 Å². The Morgan fingerprint density at radius 1 is 1.20 bits per heavy atom. The number of halogens is 1. The van der Waals surface area contributed by atoms with Crippen LogP contribution in [0.1, 0.15) is 12.5 Å². The number of para-hydroxylation sites is 1. The van der Waals surface area contributed by atoms with Crippen molar-refractivity contribution >= 4 is 39.3 Å². The van der Waals surface area contributed by atoms with E-state index in [0.29, 0.717) is 11.1 Å². The first-order valence-electron chi connectivity index (χ1n) is 7.75. The molecule has 1 aromatic heterocycles. The van der Waals surface area contributed by atoms with E-state index in [1.165, 1.54) is 11.8 Å². The fourth-order valence-electron chi connectivity index (χ4n) is 2.27. The van der Waals surface area contributed by atoms with Gasteiger partial charge in [0.25, 0.3) is 5.22 Å². The van der Waals surface area contributed by atoms with Crippen LogP contribution in [0, 0.1) is 0 Å². The van der Waals surface area contributed by atoms with Gasteiger partial charge in [0.1, 0.15) is 0 Å². The van der Waals surface area contributed by atoms with Crippen molar-refractivity contribution in [3.8, 4) is 11.5 Å². The number of carbonyl (C=O) groups excluding carboxylic acids is 1. The molecule has 1 N–H and O–H groups in total. The van der Waals surface area contributed by atoms with Crippen molar-refractivity contribution in [2.45, 2.75) is 18.6 Å². The highest BCUT2D eigenvalue weighted by molar-refractivity contribution is 9.10. The lowest BCUT2D eigenvalue weighted by Crippen LogP contribution is -2.15. The molecule has 0 atom stereocenters. The number of hydrogen-bond acceptors (Lipinski definition) is 5. The van der Waals surface area contributed by atoms with E-state index >= 15 is 0 Å². The van der Waals surface area contributed by atoms with E-state index in [1.807, 2.05) is 48.5 Å². The summed E-state index contributed by atoms with van der Waals surface area (Å²) in [6, 6.07) is 15.4. The summed E-state index contributed by atoms with van der Waals surface area (Å²) < 4.78 is 6.55. The van der Waals surface area contributed by atoms with Crippen molar-refractivity contribution in [1.82, 2.24) is 10.2 Å². The van der Waals surface area contributed by atoms with Crippen LogP contribution < -0.4 is 5.32 Å². The van der Waals surface area contributed by atoms with Crippen molar-refractivity contribution in [3.05, 3.63) is 58.6 Å². The first-order valence-corrected chi connectivity index (χ1v) is 9.53. The Kier molecular flexibility index (Phi) is 5.88. The molecule has 25 heavy (non-hydrogen) atoms. The normalized spacial score (nSPS) is 10.6. The Bertz CT molecular complexity index is 882. The molecule has 0 saturated heterocycles. The molecule has 3 aromatic rings. The molecule has 2 aromatic carbocycles. The minimum Gasteiger partial charge on any atom is -0.411 e. The number of anilines is 1. The number of carbonyl (C=O) groups is 1. The first-order chi connectivity index (χ1) is 12.2. The van der Waals surface area contributed by atoms with Crippen molar-refractivity contribution in [2.24, 2.45) is 0 Å². The molecule has 0 aliphatic rings. The Morgan fingerprint density at radius 3 is 2.84 bits per heavy atom. The SMILES string of the molecule is CCc1ccccc1NC(=O)CSc1nnc(-c2cccc(Br)c2)o1. The van der Waals surface area contributed by atoms with Crippen molar-refractivity contribution < 1.29 is 9.21 Å². The number of benzene rings is 2. The summed E-state index contributed by atoms with van der Waals surface area (Å²) in [6.45, 7) is 2.06. The molecule has 0 saturated carbocycles. The monoisotopic (exact) mass is 417 g/mol. The van der Waals surface area contributed by atoms with Crippen LogP contribution in [0.5, 0.6) is 0 Å². The minimum absolute atomic E-state index is 0.104. The highest BCUT2D eigenvalue weighted by Gasteiger charge is 2.12. The zero-order valence-electron chi connectivity index (χ0n) is 13.5. The van der Waals surface area contributed by atoms with Gasteiger partial charge in [-0.25, -0.2) is 0 Å². The zero-order chi connectivity index (χ0) is 17.6. The van der Waals surface area contributed by atoms with Crippen LogP contribution in [-0.4, -0.2) is 21.9 Å². The molecule has 1 amide bonds. The summed E-state index contributed by atoms with van der Waals surface area (Å²) in [4.78, 5) is 12.1. The van der Waals surface area contributed by atoms with E-state index in [2.05, 4.69) is 38.4 Å². The lowest BCUT2D eigenvalue weighted by molar-refractivity contribution is -0.113. The molecule has 5 nitrogen and oxygen atoms in total. The lowest BCUT2D eigenvalue weighted by Gasteiger charge is -2.08. The average Bonchev–Trinajstić information content (AvgIpc) is 3.09. The van der Waals surface area contributed by atoms with E-state index < -0.39 is 0 Å². The van der Waals surface area contributed by atoms with Gasteiger partial charge >= 0.3 is 0 Å². The van der Waals surface area contributed by atoms with E-state index in [9.17, 15) is 4.79 Å². The van der Waals surface area contributed by atoms with Gasteiger partial charge in [-0.2, -0.15) is 0 Å². The van der Waals surface area contributed by atoms with E-state index in [1.54, 1.807) is 0 Å². The van der Waals surface area contributed by atoms with Crippen LogP contribution in [0.25, 0.3) is 11.5 Å². The summed E-state index contributed by atoms with van der Waals surface area (Å²) in [5.74, 6) is 0.534. The number of aromatic nitrogens is 2. The predicted octanol–water partition coefficient (Wildman–Crippen LogP) is 4.79. The number of amides is 1. The number of hydrogen-bond donors (Lipinski definition) is 1. The van der Waals surface area contributed by atoms with Crippen LogP contribution in [0.2, 0.25) is 0 Å². The standard InChI is InChI=1S/C18H16BrN3O2S/c1-2-12-6-3-4-9-15(12)20-16(23)11-25-18-22-21-17(24-18)13-7-5-8-14(19)10-13/h3-10H,2,11H2,1H3,(H,20,23). The molecule has 0 spiro atoms. The topological polar surface area (TPSA) is 68.0 Å². The first kappa shape index (κ1) is 17.7. The van der Waals surface area contributed by atoms with Crippen LogP contribution in [0.3, 0.4) is 0 Å². The third-order valence-corrected chi connectivity index (χ3v) is 4.79. The average molecular weight is 418 g/mol. The van der Waals surface area contributed by atoms with Gasteiger partial charge in [-0.15, -0.1) is 10.2 Å². The molecule has 128 valence electrons. The molecule has 0 bridgehead atoms. The highest BCUT2D eigenvalue weighted by Crippen LogP contribution is 2.25. The Balaban J connectivity index is 1.59. The van der Waals surface area contributed by atoms with Gasteiger partial charge in [-0.3, -0.25) is 4.79 Å². The summed E-state index contributed by atoms with van der Waals surface area (Å²) in [5, 5.41) is 11.3. The molecular formula is C18H16BrN3O2S.